The van der Waals surface area contributed by atoms with Gasteiger partial charge in [-0.25, -0.2) is 0 Å². The number of rotatable bonds is 12. The number of unbranched alkanes of at least 4 members (excludes halogenated alkanes) is 8. The van der Waals surface area contributed by atoms with Crippen LogP contribution in [0, 0.1) is 0 Å². The second kappa shape index (κ2) is 10.9. The summed E-state index contributed by atoms with van der Waals surface area (Å²) in [7, 11) is 1.88. The van der Waals surface area contributed by atoms with E-state index in [0.717, 1.165) is 12.8 Å². The zero-order chi connectivity index (χ0) is 19.6. The number of morpholine rings is 1. The Morgan fingerprint density at radius 3 is 2.15 bits per heavy atom. The number of esters is 2. The molecular formula is C21H39NO4. The molecule has 1 saturated heterocycles. The Kier molecular flexibility index (Phi) is 9.62. The van der Waals surface area contributed by atoms with Crippen LogP contribution in [0.25, 0.3) is 0 Å². The Hall–Kier alpha value is -1.10. The summed E-state index contributed by atoms with van der Waals surface area (Å²) in [4.78, 5) is 25.9. The first-order valence-corrected chi connectivity index (χ1v) is 10.3. The van der Waals surface area contributed by atoms with Gasteiger partial charge in [0.1, 0.15) is 18.8 Å². The van der Waals surface area contributed by atoms with E-state index < -0.39 is 11.1 Å². The zero-order valence-corrected chi connectivity index (χ0v) is 17.6. The molecule has 5 heteroatoms. The highest BCUT2D eigenvalue weighted by Crippen LogP contribution is 2.30. The standard InChI is InChI=1S/C21H39NO4/c1-6-7-8-9-10-11-12-13-14-15-18(23)25-16-21(4)17-26-19(24)20(2,3)22(21)5/h6-17H2,1-5H3. The monoisotopic (exact) mass is 369 g/mol. The highest BCUT2D eigenvalue weighted by Gasteiger charge is 2.49. The number of nitrogens with zero attached hydrogens (tertiary/aromatic N) is 1. The predicted molar refractivity (Wildman–Crippen MR) is 104 cm³/mol. The summed E-state index contributed by atoms with van der Waals surface area (Å²) in [6.45, 7) is 8.35. The maximum atomic E-state index is 12.0. The fourth-order valence-corrected chi connectivity index (χ4v) is 3.33. The summed E-state index contributed by atoms with van der Waals surface area (Å²) in [5.74, 6) is -0.393. The molecule has 1 aliphatic heterocycles. The van der Waals surface area contributed by atoms with Crippen molar-refractivity contribution in [2.24, 2.45) is 0 Å². The molecule has 0 saturated carbocycles. The topological polar surface area (TPSA) is 55.8 Å². The lowest BCUT2D eigenvalue weighted by Crippen LogP contribution is -2.67. The second-order valence-corrected chi connectivity index (χ2v) is 8.43. The van der Waals surface area contributed by atoms with Crippen molar-refractivity contribution < 1.29 is 19.1 Å². The van der Waals surface area contributed by atoms with Gasteiger partial charge < -0.3 is 9.47 Å². The molecule has 0 radical (unpaired) electrons. The molecule has 1 unspecified atom stereocenters. The number of hydrogen-bond acceptors (Lipinski definition) is 5. The molecule has 0 aromatic heterocycles. The molecule has 26 heavy (non-hydrogen) atoms. The van der Waals surface area contributed by atoms with Crippen LogP contribution in [0.4, 0.5) is 0 Å². The lowest BCUT2D eigenvalue weighted by Gasteiger charge is -2.49. The van der Waals surface area contributed by atoms with E-state index >= 15 is 0 Å². The molecule has 0 aromatic carbocycles. The minimum Gasteiger partial charge on any atom is -0.464 e. The van der Waals surface area contributed by atoms with Gasteiger partial charge in [-0.2, -0.15) is 0 Å². The first kappa shape index (κ1) is 22.9. The Balaban J connectivity index is 2.17. The maximum absolute atomic E-state index is 12.0. The average Bonchev–Trinajstić information content (AvgIpc) is 2.61. The maximum Gasteiger partial charge on any atom is 0.326 e. The van der Waals surface area contributed by atoms with Crippen LogP contribution in [0.1, 0.15) is 91.9 Å². The molecule has 0 aromatic rings. The third kappa shape index (κ3) is 6.90. The molecule has 0 N–H and O–H groups in total. The van der Waals surface area contributed by atoms with E-state index in [1.807, 2.05) is 32.7 Å². The van der Waals surface area contributed by atoms with Crippen LogP contribution in [0.5, 0.6) is 0 Å². The van der Waals surface area contributed by atoms with Gasteiger partial charge in [-0.05, 0) is 34.2 Å². The minimum atomic E-state index is -0.712. The van der Waals surface area contributed by atoms with Gasteiger partial charge in [0.05, 0.1) is 5.54 Å². The normalized spacial score (nSPS) is 22.9. The number of carbonyl (C=O) groups excluding carboxylic acids is 2. The van der Waals surface area contributed by atoms with Crippen molar-refractivity contribution in [2.75, 3.05) is 20.3 Å². The molecule has 1 fully saturated rings. The SMILES string of the molecule is CCCCCCCCCCCC(=O)OCC1(C)COC(=O)C(C)(C)N1C. The zero-order valence-electron chi connectivity index (χ0n) is 17.6. The van der Waals surface area contributed by atoms with Gasteiger partial charge in [-0.15, -0.1) is 0 Å². The van der Waals surface area contributed by atoms with Crippen LogP contribution in [0.3, 0.4) is 0 Å². The number of ether oxygens (including phenoxy) is 2. The molecule has 1 atom stereocenters. The lowest BCUT2D eigenvalue weighted by atomic mass is 9.91. The smallest absolute Gasteiger partial charge is 0.326 e. The van der Waals surface area contributed by atoms with Crippen LogP contribution < -0.4 is 0 Å². The van der Waals surface area contributed by atoms with E-state index in [9.17, 15) is 9.59 Å². The minimum absolute atomic E-state index is 0.155. The largest absolute Gasteiger partial charge is 0.464 e. The van der Waals surface area contributed by atoms with Crippen molar-refractivity contribution >= 4 is 11.9 Å². The van der Waals surface area contributed by atoms with E-state index in [1.54, 1.807) is 0 Å². The van der Waals surface area contributed by atoms with Crippen molar-refractivity contribution in [1.82, 2.24) is 4.90 Å². The fourth-order valence-electron chi connectivity index (χ4n) is 3.33. The molecule has 152 valence electrons. The molecule has 0 aliphatic carbocycles. The molecule has 1 heterocycles. The van der Waals surface area contributed by atoms with E-state index in [1.165, 1.54) is 44.9 Å². The average molecular weight is 370 g/mol. The highest BCUT2D eigenvalue weighted by atomic mass is 16.6. The van der Waals surface area contributed by atoms with Crippen LogP contribution in [-0.2, 0) is 19.1 Å². The van der Waals surface area contributed by atoms with Crippen LogP contribution >= 0.6 is 0 Å². The van der Waals surface area contributed by atoms with E-state index in [-0.39, 0.29) is 25.2 Å². The lowest BCUT2D eigenvalue weighted by molar-refractivity contribution is -0.186. The Morgan fingerprint density at radius 1 is 1.04 bits per heavy atom. The van der Waals surface area contributed by atoms with Gasteiger partial charge in [-0.1, -0.05) is 58.3 Å². The van der Waals surface area contributed by atoms with Crippen LogP contribution in [0.2, 0.25) is 0 Å². The Bertz CT molecular complexity index is 449. The highest BCUT2D eigenvalue weighted by molar-refractivity contribution is 5.80. The first-order valence-electron chi connectivity index (χ1n) is 10.3. The molecule has 1 aliphatic rings. The second-order valence-electron chi connectivity index (χ2n) is 8.43. The summed E-state index contributed by atoms with van der Waals surface area (Å²) in [6, 6.07) is 0. The summed E-state index contributed by atoms with van der Waals surface area (Å²) >= 11 is 0. The summed E-state index contributed by atoms with van der Waals surface area (Å²) < 4.78 is 10.8. The first-order chi connectivity index (χ1) is 12.2. The summed E-state index contributed by atoms with van der Waals surface area (Å²) in [6.07, 6.45) is 11.5. The van der Waals surface area contributed by atoms with Crippen molar-refractivity contribution in [3.05, 3.63) is 0 Å². The van der Waals surface area contributed by atoms with Crippen LogP contribution in [-0.4, -0.2) is 48.2 Å². The van der Waals surface area contributed by atoms with Gasteiger partial charge in [0, 0.05) is 6.42 Å². The van der Waals surface area contributed by atoms with Crippen molar-refractivity contribution in [1.29, 1.82) is 0 Å². The molecule has 0 bridgehead atoms. The Morgan fingerprint density at radius 2 is 1.58 bits per heavy atom. The molecular weight excluding hydrogens is 330 g/mol. The summed E-state index contributed by atoms with van der Waals surface area (Å²) in [5, 5.41) is 0. The number of hydrogen-bond donors (Lipinski definition) is 0. The predicted octanol–water partition coefficient (Wildman–Crippen LogP) is 4.48. The van der Waals surface area contributed by atoms with E-state index in [0.29, 0.717) is 6.42 Å². The van der Waals surface area contributed by atoms with Gasteiger partial charge >= 0.3 is 11.9 Å². The molecule has 0 spiro atoms. The van der Waals surface area contributed by atoms with E-state index in [4.69, 9.17) is 9.47 Å². The Labute approximate surface area is 159 Å². The third-order valence-electron chi connectivity index (χ3n) is 5.69. The van der Waals surface area contributed by atoms with Crippen molar-refractivity contribution in [2.45, 2.75) is 103 Å². The van der Waals surface area contributed by atoms with Crippen LogP contribution in [0.15, 0.2) is 0 Å². The molecule has 1 rings (SSSR count). The molecule has 0 amide bonds. The number of likely N-dealkylation sites (N-methyl/N-ethyl adjacent to an activating group) is 1. The fraction of sp³-hybridized carbons (Fsp3) is 0.905. The van der Waals surface area contributed by atoms with E-state index in [2.05, 4.69) is 6.92 Å². The van der Waals surface area contributed by atoms with Crippen molar-refractivity contribution in [3.63, 3.8) is 0 Å². The van der Waals surface area contributed by atoms with Gasteiger partial charge in [-0.3, -0.25) is 14.5 Å². The van der Waals surface area contributed by atoms with Gasteiger partial charge in [0.15, 0.2) is 0 Å². The third-order valence-corrected chi connectivity index (χ3v) is 5.69. The quantitative estimate of drug-likeness (QED) is 0.375. The molecule has 5 nitrogen and oxygen atoms in total. The van der Waals surface area contributed by atoms with Gasteiger partial charge in [0.25, 0.3) is 0 Å². The number of carbonyl (C=O) groups is 2. The number of cyclic esters (lactones) is 1. The summed E-state index contributed by atoms with van der Waals surface area (Å²) in [5.41, 5.74) is -1.19. The van der Waals surface area contributed by atoms with Crippen molar-refractivity contribution in [3.8, 4) is 0 Å². The van der Waals surface area contributed by atoms with Gasteiger partial charge in [0.2, 0.25) is 0 Å².